The number of anilines is 1. The average molecular weight is 205 g/mol. The van der Waals surface area contributed by atoms with Crippen molar-refractivity contribution in [3.63, 3.8) is 0 Å². The molecule has 1 nitrogen and oxygen atoms in total. The van der Waals surface area contributed by atoms with E-state index >= 15 is 0 Å². The lowest BCUT2D eigenvalue weighted by Crippen LogP contribution is -2.24. The van der Waals surface area contributed by atoms with Gasteiger partial charge in [-0.2, -0.15) is 0 Å². The van der Waals surface area contributed by atoms with Crippen LogP contribution in [0.15, 0.2) is 18.2 Å². The van der Waals surface area contributed by atoms with E-state index in [0.717, 1.165) is 0 Å². The summed E-state index contributed by atoms with van der Waals surface area (Å²) in [5.74, 6) is 0.677. The molecule has 0 spiro atoms. The largest absolute Gasteiger partial charge is 0.382 e. The molecule has 0 fully saturated rings. The number of rotatable bonds is 4. The summed E-state index contributed by atoms with van der Waals surface area (Å²) in [5, 5.41) is 3.61. The van der Waals surface area contributed by atoms with Gasteiger partial charge in [-0.25, -0.2) is 0 Å². The van der Waals surface area contributed by atoms with Crippen molar-refractivity contribution in [3.8, 4) is 0 Å². The van der Waals surface area contributed by atoms with Crippen molar-refractivity contribution < 1.29 is 0 Å². The normalized spacial score (nSPS) is 12.9. The number of benzene rings is 1. The van der Waals surface area contributed by atoms with Gasteiger partial charge in [0.1, 0.15) is 0 Å². The summed E-state index contributed by atoms with van der Waals surface area (Å²) < 4.78 is 0. The van der Waals surface area contributed by atoms with Gasteiger partial charge in [-0.15, -0.1) is 0 Å². The molecule has 0 aliphatic carbocycles. The van der Waals surface area contributed by atoms with Gasteiger partial charge in [-0.05, 0) is 49.4 Å². The Morgan fingerprint density at radius 2 is 1.60 bits per heavy atom. The van der Waals surface area contributed by atoms with E-state index in [1.807, 2.05) is 0 Å². The van der Waals surface area contributed by atoms with Crippen LogP contribution in [0.4, 0.5) is 5.69 Å². The van der Waals surface area contributed by atoms with E-state index in [1.54, 1.807) is 0 Å². The van der Waals surface area contributed by atoms with Crippen molar-refractivity contribution in [1.29, 1.82) is 0 Å². The Hall–Kier alpha value is -0.980. The standard InChI is InChI=1S/C14H23N/c1-6-14(10(2)3)15-13-8-11(4)7-12(5)9-13/h7-10,14-15H,6H2,1-5H3. The second-order valence-corrected chi connectivity index (χ2v) is 4.78. The molecule has 0 aliphatic rings. The topological polar surface area (TPSA) is 12.0 Å². The highest BCUT2D eigenvalue weighted by atomic mass is 14.9. The summed E-state index contributed by atoms with van der Waals surface area (Å²) >= 11 is 0. The molecule has 1 N–H and O–H groups in total. The molecule has 0 saturated heterocycles. The zero-order valence-corrected chi connectivity index (χ0v) is 10.6. The Balaban J connectivity index is 2.79. The van der Waals surface area contributed by atoms with E-state index in [-0.39, 0.29) is 0 Å². The molecule has 0 aliphatic heterocycles. The van der Waals surface area contributed by atoms with E-state index in [1.165, 1.54) is 23.2 Å². The van der Waals surface area contributed by atoms with Gasteiger partial charge in [0, 0.05) is 11.7 Å². The Kier molecular flexibility index (Phi) is 4.19. The lowest BCUT2D eigenvalue weighted by atomic mass is 10.0. The second-order valence-electron chi connectivity index (χ2n) is 4.78. The molecule has 0 radical (unpaired) electrons. The molecule has 1 atom stereocenters. The first-order valence-corrected chi connectivity index (χ1v) is 5.87. The Bertz CT molecular complexity index is 295. The van der Waals surface area contributed by atoms with Gasteiger partial charge in [-0.3, -0.25) is 0 Å². The third-order valence-electron chi connectivity index (χ3n) is 2.82. The molecular formula is C14H23N. The SMILES string of the molecule is CCC(Nc1cc(C)cc(C)c1)C(C)C. The van der Waals surface area contributed by atoms with Crippen LogP contribution >= 0.6 is 0 Å². The number of nitrogens with one attached hydrogen (secondary N) is 1. The van der Waals surface area contributed by atoms with Gasteiger partial charge in [0.05, 0.1) is 0 Å². The molecule has 84 valence electrons. The van der Waals surface area contributed by atoms with Crippen LogP contribution in [0.2, 0.25) is 0 Å². The van der Waals surface area contributed by atoms with Gasteiger partial charge >= 0.3 is 0 Å². The van der Waals surface area contributed by atoms with Crippen LogP contribution in [0.25, 0.3) is 0 Å². The van der Waals surface area contributed by atoms with Crippen molar-refractivity contribution >= 4 is 5.69 Å². The van der Waals surface area contributed by atoms with Crippen molar-refractivity contribution in [2.45, 2.75) is 47.1 Å². The first kappa shape index (κ1) is 12.1. The maximum absolute atomic E-state index is 3.61. The molecular weight excluding hydrogens is 182 g/mol. The monoisotopic (exact) mass is 205 g/mol. The highest BCUT2D eigenvalue weighted by Gasteiger charge is 2.10. The highest BCUT2D eigenvalue weighted by Crippen LogP contribution is 2.18. The van der Waals surface area contributed by atoms with E-state index < -0.39 is 0 Å². The third kappa shape index (κ3) is 3.58. The van der Waals surface area contributed by atoms with Crippen LogP contribution in [0.3, 0.4) is 0 Å². The fourth-order valence-corrected chi connectivity index (χ4v) is 2.01. The molecule has 1 rings (SSSR count). The van der Waals surface area contributed by atoms with E-state index in [9.17, 15) is 0 Å². The fourth-order valence-electron chi connectivity index (χ4n) is 2.01. The van der Waals surface area contributed by atoms with Crippen molar-refractivity contribution in [3.05, 3.63) is 29.3 Å². The number of hydrogen-bond donors (Lipinski definition) is 1. The van der Waals surface area contributed by atoms with Crippen molar-refractivity contribution in [2.75, 3.05) is 5.32 Å². The Labute approximate surface area is 93.9 Å². The Morgan fingerprint density at radius 3 is 2.00 bits per heavy atom. The van der Waals surface area contributed by atoms with Gasteiger partial charge in [0.25, 0.3) is 0 Å². The van der Waals surface area contributed by atoms with E-state index in [0.29, 0.717) is 12.0 Å². The van der Waals surface area contributed by atoms with Gasteiger partial charge in [-0.1, -0.05) is 26.8 Å². The summed E-state index contributed by atoms with van der Waals surface area (Å²) in [4.78, 5) is 0. The minimum absolute atomic E-state index is 0.575. The lowest BCUT2D eigenvalue weighted by molar-refractivity contribution is 0.511. The summed E-state index contributed by atoms with van der Waals surface area (Å²) in [6.07, 6.45) is 1.17. The quantitative estimate of drug-likeness (QED) is 0.778. The zero-order valence-electron chi connectivity index (χ0n) is 10.6. The molecule has 0 aromatic heterocycles. The van der Waals surface area contributed by atoms with Crippen LogP contribution < -0.4 is 5.32 Å². The molecule has 1 heteroatoms. The number of aryl methyl sites for hydroxylation is 2. The molecule has 0 bridgehead atoms. The molecule has 0 saturated carbocycles. The van der Waals surface area contributed by atoms with Crippen molar-refractivity contribution in [2.24, 2.45) is 5.92 Å². The van der Waals surface area contributed by atoms with Crippen molar-refractivity contribution in [1.82, 2.24) is 0 Å². The first-order chi connectivity index (χ1) is 7.02. The second kappa shape index (κ2) is 5.20. The molecule has 1 aromatic rings. The summed E-state index contributed by atoms with van der Waals surface area (Å²) in [7, 11) is 0. The van der Waals surface area contributed by atoms with Gasteiger partial charge in [0.2, 0.25) is 0 Å². The third-order valence-corrected chi connectivity index (χ3v) is 2.82. The predicted molar refractivity (Wildman–Crippen MR) is 68.5 cm³/mol. The van der Waals surface area contributed by atoms with Crippen LogP contribution in [0.1, 0.15) is 38.3 Å². The van der Waals surface area contributed by atoms with Crippen LogP contribution in [0, 0.1) is 19.8 Å². The molecule has 1 unspecified atom stereocenters. The molecule has 0 amide bonds. The van der Waals surface area contributed by atoms with Gasteiger partial charge < -0.3 is 5.32 Å². The van der Waals surface area contributed by atoms with E-state index in [4.69, 9.17) is 0 Å². The Morgan fingerprint density at radius 1 is 1.07 bits per heavy atom. The minimum atomic E-state index is 0.575. The van der Waals surface area contributed by atoms with E-state index in [2.05, 4.69) is 58.1 Å². The van der Waals surface area contributed by atoms with Crippen LogP contribution in [-0.4, -0.2) is 6.04 Å². The van der Waals surface area contributed by atoms with Crippen LogP contribution in [-0.2, 0) is 0 Å². The summed E-state index contributed by atoms with van der Waals surface area (Å²) in [5.41, 5.74) is 3.92. The average Bonchev–Trinajstić information content (AvgIpc) is 2.12. The summed E-state index contributed by atoms with van der Waals surface area (Å²) in [6.45, 7) is 11.1. The van der Waals surface area contributed by atoms with Gasteiger partial charge in [0.15, 0.2) is 0 Å². The maximum Gasteiger partial charge on any atom is 0.0347 e. The lowest BCUT2D eigenvalue weighted by Gasteiger charge is -2.22. The molecule has 1 aromatic carbocycles. The minimum Gasteiger partial charge on any atom is -0.382 e. The first-order valence-electron chi connectivity index (χ1n) is 5.87. The predicted octanol–water partition coefficient (Wildman–Crippen LogP) is 4.15. The molecule has 15 heavy (non-hydrogen) atoms. The fraction of sp³-hybridized carbons (Fsp3) is 0.571. The van der Waals surface area contributed by atoms with Crippen LogP contribution in [0.5, 0.6) is 0 Å². The number of hydrogen-bond acceptors (Lipinski definition) is 1. The summed E-state index contributed by atoms with van der Waals surface area (Å²) in [6, 6.07) is 7.23. The highest BCUT2D eigenvalue weighted by molar-refractivity contribution is 5.49. The smallest absolute Gasteiger partial charge is 0.0347 e. The zero-order chi connectivity index (χ0) is 11.4. The molecule has 0 heterocycles. The maximum atomic E-state index is 3.61.